The first kappa shape index (κ1) is 12.7. The smallest absolute Gasteiger partial charge is 0.222 e. The molecule has 100 valence electrons. The zero-order chi connectivity index (χ0) is 13.6. The lowest BCUT2D eigenvalue weighted by Crippen LogP contribution is -2.37. The van der Waals surface area contributed by atoms with Crippen molar-refractivity contribution in [2.24, 2.45) is 0 Å². The van der Waals surface area contributed by atoms with Crippen LogP contribution in [0.25, 0.3) is 11.0 Å². The molecule has 1 fully saturated rings. The van der Waals surface area contributed by atoms with Gasteiger partial charge in [0.15, 0.2) is 4.77 Å². The standard InChI is InChI=1S/C13H14ClN3OS/c1-16-7-8(5-6-11(16)18)17-12-9(14)3-2-4-10(12)15-13(17)19/h2-4,8H,5-7H2,1H3,(H,15,19). The first-order valence-corrected chi connectivity index (χ1v) is 6.99. The number of likely N-dealkylation sites (tertiary alicyclic amines) is 1. The van der Waals surface area contributed by atoms with Crippen molar-refractivity contribution < 1.29 is 4.79 Å². The van der Waals surface area contributed by atoms with Crippen LogP contribution in [0.3, 0.4) is 0 Å². The molecule has 0 radical (unpaired) electrons. The lowest BCUT2D eigenvalue weighted by molar-refractivity contribution is -0.132. The van der Waals surface area contributed by atoms with E-state index in [2.05, 4.69) is 9.55 Å². The predicted octanol–water partition coefficient (Wildman–Crippen LogP) is 3.15. The summed E-state index contributed by atoms with van der Waals surface area (Å²) < 4.78 is 2.71. The number of piperidine rings is 1. The van der Waals surface area contributed by atoms with Crippen molar-refractivity contribution in [1.29, 1.82) is 0 Å². The van der Waals surface area contributed by atoms with Crippen LogP contribution in [0.1, 0.15) is 18.9 Å². The van der Waals surface area contributed by atoms with Crippen molar-refractivity contribution in [3.63, 3.8) is 0 Å². The number of fused-ring (bicyclic) bond motifs is 1. The van der Waals surface area contributed by atoms with Crippen LogP contribution in [-0.2, 0) is 4.79 Å². The summed E-state index contributed by atoms with van der Waals surface area (Å²) >= 11 is 11.7. The van der Waals surface area contributed by atoms with Crippen molar-refractivity contribution in [1.82, 2.24) is 14.5 Å². The topological polar surface area (TPSA) is 41.0 Å². The lowest BCUT2D eigenvalue weighted by atomic mass is 10.1. The molecule has 3 rings (SSSR count). The quantitative estimate of drug-likeness (QED) is 0.821. The number of hydrogen-bond acceptors (Lipinski definition) is 2. The second-order valence-electron chi connectivity index (χ2n) is 4.90. The molecular formula is C13H14ClN3OS. The van der Waals surface area contributed by atoms with E-state index in [-0.39, 0.29) is 11.9 Å². The van der Waals surface area contributed by atoms with Gasteiger partial charge in [0.05, 0.1) is 22.1 Å². The molecule has 0 saturated carbocycles. The summed E-state index contributed by atoms with van der Waals surface area (Å²) in [6.07, 6.45) is 1.36. The second kappa shape index (κ2) is 4.65. The van der Waals surface area contributed by atoms with Gasteiger partial charge in [-0.3, -0.25) is 4.79 Å². The van der Waals surface area contributed by atoms with E-state index in [0.717, 1.165) is 17.5 Å². The number of hydrogen-bond donors (Lipinski definition) is 1. The number of nitrogens with zero attached hydrogens (tertiary/aromatic N) is 2. The molecular weight excluding hydrogens is 282 g/mol. The number of H-pyrrole nitrogens is 1. The average Bonchev–Trinajstić information content (AvgIpc) is 2.70. The Labute approximate surface area is 121 Å². The van der Waals surface area contributed by atoms with Gasteiger partial charge < -0.3 is 14.5 Å². The van der Waals surface area contributed by atoms with Crippen molar-refractivity contribution in [2.45, 2.75) is 18.9 Å². The van der Waals surface area contributed by atoms with Crippen LogP contribution in [0.15, 0.2) is 18.2 Å². The van der Waals surface area contributed by atoms with Crippen LogP contribution in [0, 0.1) is 4.77 Å². The summed E-state index contributed by atoms with van der Waals surface area (Å²) in [6, 6.07) is 5.91. The summed E-state index contributed by atoms with van der Waals surface area (Å²) in [5, 5.41) is 0.685. The summed E-state index contributed by atoms with van der Waals surface area (Å²) in [5.41, 5.74) is 1.87. The highest BCUT2D eigenvalue weighted by Crippen LogP contribution is 2.30. The molecule has 6 heteroatoms. The molecule has 1 N–H and O–H groups in total. The Hall–Kier alpha value is -1.33. The van der Waals surface area contributed by atoms with Crippen LogP contribution < -0.4 is 0 Å². The highest BCUT2D eigenvalue weighted by molar-refractivity contribution is 7.71. The van der Waals surface area contributed by atoms with Gasteiger partial charge in [-0.15, -0.1) is 0 Å². The van der Waals surface area contributed by atoms with Crippen molar-refractivity contribution in [3.05, 3.63) is 28.0 Å². The molecule has 1 aliphatic rings. The van der Waals surface area contributed by atoms with Gasteiger partial charge in [-0.1, -0.05) is 17.7 Å². The van der Waals surface area contributed by atoms with E-state index in [0.29, 0.717) is 22.8 Å². The Morgan fingerprint density at radius 3 is 3.00 bits per heavy atom. The van der Waals surface area contributed by atoms with Crippen LogP contribution in [0.5, 0.6) is 0 Å². The van der Waals surface area contributed by atoms with E-state index in [1.54, 1.807) is 4.90 Å². The first-order chi connectivity index (χ1) is 9.08. The Morgan fingerprint density at radius 1 is 1.47 bits per heavy atom. The molecule has 1 amide bonds. The second-order valence-corrected chi connectivity index (χ2v) is 5.70. The normalized spacial score (nSPS) is 20.2. The fourth-order valence-corrected chi connectivity index (χ4v) is 3.30. The van der Waals surface area contributed by atoms with Gasteiger partial charge in [0.1, 0.15) is 0 Å². The van der Waals surface area contributed by atoms with Gasteiger partial charge in [-0.25, -0.2) is 0 Å². The average molecular weight is 296 g/mol. The van der Waals surface area contributed by atoms with E-state index in [9.17, 15) is 4.79 Å². The van der Waals surface area contributed by atoms with Crippen molar-refractivity contribution in [2.75, 3.05) is 13.6 Å². The third-order valence-corrected chi connectivity index (χ3v) is 4.26. The summed E-state index contributed by atoms with van der Waals surface area (Å²) in [4.78, 5) is 16.5. The zero-order valence-electron chi connectivity index (χ0n) is 10.5. The molecule has 0 bridgehead atoms. The summed E-state index contributed by atoms with van der Waals surface area (Å²) in [6.45, 7) is 0.672. The highest BCUT2D eigenvalue weighted by Gasteiger charge is 2.26. The maximum Gasteiger partial charge on any atom is 0.222 e. The zero-order valence-corrected chi connectivity index (χ0v) is 12.1. The number of halogens is 1. The summed E-state index contributed by atoms with van der Waals surface area (Å²) in [5.74, 6) is 0.189. The SMILES string of the molecule is CN1CC(n2c(=S)[nH]c3cccc(Cl)c32)CCC1=O. The third-order valence-electron chi connectivity index (χ3n) is 3.66. The van der Waals surface area contributed by atoms with Crippen molar-refractivity contribution in [3.8, 4) is 0 Å². The molecule has 2 heterocycles. The Kier molecular flexibility index (Phi) is 3.11. The molecule has 0 aliphatic carbocycles. The molecule has 1 aromatic carbocycles. The number of nitrogens with one attached hydrogen (secondary N) is 1. The number of aromatic nitrogens is 2. The monoisotopic (exact) mass is 295 g/mol. The number of aromatic amines is 1. The number of carbonyl (C=O) groups is 1. The maximum atomic E-state index is 11.6. The van der Waals surface area contributed by atoms with Crippen LogP contribution in [-0.4, -0.2) is 34.0 Å². The van der Waals surface area contributed by atoms with Gasteiger partial charge in [0, 0.05) is 20.0 Å². The largest absolute Gasteiger partial charge is 0.344 e. The van der Waals surface area contributed by atoms with E-state index in [1.165, 1.54) is 0 Å². The van der Waals surface area contributed by atoms with Gasteiger partial charge in [0.2, 0.25) is 5.91 Å². The third kappa shape index (κ3) is 2.07. The number of likely N-dealkylation sites (N-methyl/N-ethyl adjacent to an activating group) is 1. The Balaban J connectivity index is 2.13. The first-order valence-electron chi connectivity index (χ1n) is 6.20. The minimum Gasteiger partial charge on any atom is -0.344 e. The van der Waals surface area contributed by atoms with Gasteiger partial charge >= 0.3 is 0 Å². The van der Waals surface area contributed by atoms with E-state index in [1.807, 2.05) is 25.2 Å². The number of carbonyl (C=O) groups excluding carboxylic acids is 1. The van der Waals surface area contributed by atoms with Crippen LogP contribution in [0.2, 0.25) is 5.02 Å². The molecule has 19 heavy (non-hydrogen) atoms. The van der Waals surface area contributed by atoms with Gasteiger partial charge in [-0.2, -0.15) is 0 Å². The molecule has 1 aliphatic heterocycles. The van der Waals surface area contributed by atoms with Gasteiger partial charge in [-0.05, 0) is 30.8 Å². The molecule has 1 aromatic heterocycles. The number of imidazole rings is 1. The molecule has 1 unspecified atom stereocenters. The van der Waals surface area contributed by atoms with E-state index < -0.39 is 0 Å². The fourth-order valence-electron chi connectivity index (χ4n) is 2.69. The molecule has 4 nitrogen and oxygen atoms in total. The number of benzene rings is 1. The minimum absolute atomic E-state index is 0.184. The van der Waals surface area contributed by atoms with E-state index >= 15 is 0 Å². The fraction of sp³-hybridized carbons (Fsp3) is 0.385. The molecule has 1 saturated heterocycles. The van der Waals surface area contributed by atoms with Gasteiger partial charge in [0.25, 0.3) is 0 Å². The molecule has 1 atom stereocenters. The maximum absolute atomic E-state index is 11.6. The lowest BCUT2D eigenvalue weighted by Gasteiger charge is -2.30. The predicted molar refractivity (Wildman–Crippen MR) is 78.0 cm³/mol. The molecule has 0 spiro atoms. The number of rotatable bonds is 1. The van der Waals surface area contributed by atoms with E-state index in [4.69, 9.17) is 23.8 Å². The minimum atomic E-state index is 0.184. The number of amides is 1. The Bertz CT molecular complexity index is 705. The van der Waals surface area contributed by atoms with Crippen LogP contribution >= 0.6 is 23.8 Å². The Morgan fingerprint density at radius 2 is 2.26 bits per heavy atom. The highest BCUT2D eigenvalue weighted by atomic mass is 35.5. The number of para-hydroxylation sites is 1. The summed E-state index contributed by atoms with van der Waals surface area (Å²) in [7, 11) is 1.83. The van der Waals surface area contributed by atoms with Crippen molar-refractivity contribution >= 4 is 40.8 Å². The molecule has 2 aromatic rings. The van der Waals surface area contributed by atoms with Crippen LogP contribution in [0.4, 0.5) is 0 Å².